The van der Waals surface area contributed by atoms with E-state index >= 15 is 0 Å². The molecule has 0 radical (unpaired) electrons. The fourth-order valence-electron chi connectivity index (χ4n) is 1.95. The number of methoxy groups -OCH3 is 1. The summed E-state index contributed by atoms with van der Waals surface area (Å²) in [5.74, 6) is 0.147. The summed E-state index contributed by atoms with van der Waals surface area (Å²) in [6, 6.07) is 0. The van der Waals surface area contributed by atoms with Gasteiger partial charge in [-0.15, -0.1) is 6.58 Å². The minimum absolute atomic E-state index is 0.0723. The van der Waals surface area contributed by atoms with Crippen molar-refractivity contribution in [1.29, 1.82) is 0 Å². The molecule has 3 nitrogen and oxygen atoms in total. The lowest BCUT2D eigenvalue weighted by Gasteiger charge is -2.42. The van der Waals surface area contributed by atoms with Gasteiger partial charge in [-0.05, 0) is 25.1 Å². The Morgan fingerprint density at radius 2 is 1.86 bits per heavy atom. The third-order valence-electron chi connectivity index (χ3n) is 4.38. The summed E-state index contributed by atoms with van der Waals surface area (Å²) in [6.45, 7) is 19.1. The van der Waals surface area contributed by atoms with Gasteiger partial charge in [-0.1, -0.05) is 45.4 Å². The van der Waals surface area contributed by atoms with Crippen molar-refractivity contribution in [2.24, 2.45) is 5.92 Å². The SMILES string of the molecule is C=C[C@H](OC)[C@@H](O[Si](C)(C)C(C)(C)C)C(C)C=C(C)CO. The average Bonchev–Trinajstić information content (AvgIpc) is 2.37. The van der Waals surface area contributed by atoms with Crippen molar-refractivity contribution in [2.75, 3.05) is 13.7 Å². The van der Waals surface area contributed by atoms with E-state index in [9.17, 15) is 5.11 Å². The van der Waals surface area contributed by atoms with Gasteiger partial charge in [-0.3, -0.25) is 0 Å². The summed E-state index contributed by atoms with van der Waals surface area (Å²) < 4.78 is 12.1. The Labute approximate surface area is 132 Å². The molecule has 0 aliphatic carbocycles. The minimum Gasteiger partial charge on any atom is -0.410 e. The first kappa shape index (κ1) is 20.6. The normalized spacial score (nSPS) is 18.2. The van der Waals surface area contributed by atoms with Crippen LogP contribution in [-0.4, -0.2) is 39.3 Å². The Kier molecular flexibility index (Phi) is 8.11. The Morgan fingerprint density at radius 3 is 2.19 bits per heavy atom. The molecule has 3 atom stereocenters. The maximum Gasteiger partial charge on any atom is 0.192 e. The van der Waals surface area contributed by atoms with Crippen LogP contribution in [0.5, 0.6) is 0 Å². The van der Waals surface area contributed by atoms with Crippen LogP contribution in [0.25, 0.3) is 0 Å². The molecule has 0 fully saturated rings. The molecule has 4 heteroatoms. The molecule has 1 N–H and O–H groups in total. The standard InChI is InChI=1S/C17H34O3Si/c1-10-15(19-7)16(14(3)11-13(2)12-18)20-21(8,9)17(4,5)6/h10-11,14-16,18H,1,12H2,2-9H3/t14?,15-,16-/m0/s1. The number of hydrogen-bond donors (Lipinski definition) is 1. The lowest BCUT2D eigenvalue weighted by atomic mass is 9.97. The molecule has 0 aromatic carbocycles. The molecule has 21 heavy (non-hydrogen) atoms. The van der Waals surface area contributed by atoms with Crippen LogP contribution in [0.15, 0.2) is 24.3 Å². The van der Waals surface area contributed by atoms with E-state index in [0.717, 1.165) is 5.57 Å². The van der Waals surface area contributed by atoms with E-state index in [2.05, 4.69) is 53.4 Å². The van der Waals surface area contributed by atoms with Crippen molar-refractivity contribution in [3.05, 3.63) is 24.3 Å². The second-order valence-electron chi connectivity index (χ2n) is 7.31. The van der Waals surface area contributed by atoms with Crippen LogP contribution >= 0.6 is 0 Å². The predicted octanol–water partition coefficient (Wildman–Crippen LogP) is 4.15. The van der Waals surface area contributed by atoms with Crippen molar-refractivity contribution >= 4 is 8.32 Å². The summed E-state index contributed by atoms with van der Waals surface area (Å²) in [5.41, 5.74) is 0.949. The van der Waals surface area contributed by atoms with Gasteiger partial charge in [0.1, 0.15) is 6.10 Å². The van der Waals surface area contributed by atoms with E-state index in [4.69, 9.17) is 9.16 Å². The molecule has 0 spiro atoms. The topological polar surface area (TPSA) is 38.7 Å². The van der Waals surface area contributed by atoms with Crippen LogP contribution in [0, 0.1) is 5.92 Å². The number of aliphatic hydroxyl groups is 1. The van der Waals surface area contributed by atoms with Crippen LogP contribution in [0.2, 0.25) is 18.1 Å². The van der Waals surface area contributed by atoms with Crippen molar-refractivity contribution in [1.82, 2.24) is 0 Å². The molecule has 0 amide bonds. The molecule has 0 rings (SSSR count). The van der Waals surface area contributed by atoms with Crippen LogP contribution < -0.4 is 0 Å². The average molecular weight is 315 g/mol. The smallest absolute Gasteiger partial charge is 0.192 e. The van der Waals surface area contributed by atoms with Gasteiger partial charge in [-0.25, -0.2) is 0 Å². The van der Waals surface area contributed by atoms with Gasteiger partial charge in [-0.2, -0.15) is 0 Å². The summed E-state index contributed by atoms with van der Waals surface area (Å²) >= 11 is 0. The van der Waals surface area contributed by atoms with Gasteiger partial charge in [0.05, 0.1) is 12.7 Å². The highest BCUT2D eigenvalue weighted by Gasteiger charge is 2.41. The van der Waals surface area contributed by atoms with Crippen molar-refractivity contribution < 1.29 is 14.3 Å². The highest BCUT2D eigenvalue weighted by atomic mass is 28.4. The monoisotopic (exact) mass is 314 g/mol. The number of ether oxygens (including phenoxy) is 1. The van der Waals surface area contributed by atoms with Crippen molar-refractivity contribution in [3.8, 4) is 0 Å². The van der Waals surface area contributed by atoms with E-state index in [-0.39, 0.29) is 29.8 Å². The molecule has 1 unspecified atom stereocenters. The Balaban J connectivity index is 5.39. The van der Waals surface area contributed by atoms with Gasteiger partial charge in [0, 0.05) is 13.0 Å². The van der Waals surface area contributed by atoms with Gasteiger partial charge >= 0.3 is 0 Å². The van der Waals surface area contributed by atoms with Gasteiger partial charge in [0.15, 0.2) is 8.32 Å². The third-order valence-corrected chi connectivity index (χ3v) is 8.85. The molecule has 0 aromatic rings. The molecule has 0 aliphatic rings. The second-order valence-corrected chi connectivity index (χ2v) is 12.1. The molecule has 0 saturated heterocycles. The number of aliphatic hydroxyl groups excluding tert-OH is 1. The van der Waals surface area contributed by atoms with E-state index in [1.165, 1.54) is 0 Å². The van der Waals surface area contributed by atoms with Gasteiger partial charge < -0.3 is 14.3 Å². The molecule has 0 aliphatic heterocycles. The fourth-order valence-corrected chi connectivity index (χ4v) is 3.33. The maximum absolute atomic E-state index is 9.23. The zero-order valence-corrected chi connectivity index (χ0v) is 16.1. The first-order valence-corrected chi connectivity index (χ1v) is 10.5. The first-order valence-electron chi connectivity index (χ1n) is 7.61. The zero-order valence-electron chi connectivity index (χ0n) is 15.1. The van der Waals surface area contributed by atoms with Gasteiger partial charge in [0.2, 0.25) is 0 Å². The lowest BCUT2D eigenvalue weighted by Crippen LogP contribution is -2.49. The minimum atomic E-state index is -1.91. The third kappa shape index (κ3) is 6.07. The Morgan fingerprint density at radius 1 is 1.33 bits per heavy atom. The van der Waals surface area contributed by atoms with E-state index in [0.29, 0.717) is 0 Å². The molecular formula is C17H34O3Si. The summed E-state index contributed by atoms with van der Waals surface area (Å²) in [5, 5.41) is 9.37. The molecule has 0 aromatic heterocycles. The van der Waals surface area contributed by atoms with Crippen LogP contribution in [-0.2, 0) is 9.16 Å². The lowest BCUT2D eigenvalue weighted by molar-refractivity contribution is 0.00591. The molecule has 0 saturated carbocycles. The van der Waals surface area contributed by atoms with Gasteiger partial charge in [0.25, 0.3) is 0 Å². The molecule has 124 valence electrons. The highest BCUT2D eigenvalue weighted by Crippen LogP contribution is 2.39. The molecule has 0 bridgehead atoms. The maximum atomic E-state index is 9.23. The molecular weight excluding hydrogens is 280 g/mol. The second kappa shape index (κ2) is 8.27. The summed E-state index contributed by atoms with van der Waals surface area (Å²) in [6.07, 6.45) is 3.62. The fraction of sp³-hybridized carbons (Fsp3) is 0.765. The number of rotatable bonds is 8. The highest BCUT2D eigenvalue weighted by molar-refractivity contribution is 6.74. The van der Waals surface area contributed by atoms with E-state index in [1.807, 2.05) is 6.92 Å². The Bertz CT molecular complexity index is 356. The first-order chi connectivity index (χ1) is 9.50. The largest absolute Gasteiger partial charge is 0.410 e. The predicted molar refractivity (Wildman–Crippen MR) is 93.1 cm³/mol. The zero-order chi connectivity index (χ0) is 16.8. The number of hydrogen-bond acceptors (Lipinski definition) is 3. The molecule has 0 heterocycles. The van der Waals surface area contributed by atoms with Crippen LogP contribution in [0.1, 0.15) is 34.6 Å². The Hall–Kier alpha value is -0.423. The quantitative estimate of drug-likeness (QED) is 0.540. The summed E-state index contributed by atoms with van der Waals surface area (Å²) in [7, 11) is -0.223. The van der Waals surface area contributed by atoms with E-state index < -0.39 is 8.32 Å². The summed E-state index contributed by atoms with van der Waals surface area (Å²) in [4.78, 5) is 0. The van der Waals surface area contributed by atoms with Crippen LogP contribution in [0.3, 0.4) is 0 Å². The van der Waals surface area contributed by atoms with E-state index in [1.54, 1.807) is 13.2 Å². The van der Waals surface area contributed by atoms with Crippen molar-refractivity contribution in [2.45, 2.75) is 65.0 Å². The van der Waals surface area contributed by atoms with Crippen LogP contribution in [0.4, 0.5) is 0 Å². The van der Waals surface area contributed by atoms with Crippen molar-refractivity contribution in [3.63, 3.8) is 0 Å².